The van der Waals surface area contributed by atoms with Crippen molar-refractivity contribution in [3.05, 3.63) is 28.7 Å². The molecular formula is C17H20N2O5S. The van der Waals surface area contributed by atoms with Gasteiger partial charge in [0.25, 0.3) is 11.1 Å². The van der Waals surface area contributed by atoms with E-state index in [1.807, 2.05) is 13.8 Å². The molecule has 1 fully saturated rings. The van der Waals surface area contributed by atoms with Crippen molar-refractivity contribution in [1.82, 2.24) is 10.2 Å². The Morgan fingerprint density at radius 3 is 2.76 bits per heavy atom. The predicted octanol–water partition coefficient (Wildman–Crippen LogP) is 2.21. The fourth-order valence-electron chi connectivity index (χ4n) is 2.09. The molecule has 0 aromatic heterocycles. The summed E-state index contributed by atoms with van der Waals surface area (Å²) >= 11 is 0.776. The minimum absolute atomic E-state index is 0.0189. The van der Waals surface area contributed by atoms with Crippen LogP contribution in [0.25, 0.3) is 6.08 Å². The molecule has 0 saturated carbocycles. The first-order valence-electron chi connectivity index (χ1n) is 7.71. The number of amides is 3. The molecule has 7 nitrogen and oxygen atoms in total. The van der Waals surface area contributed by atoms with Crippen molar-refractivity contribution in [3.8, 4) is 11.5 Å². The average Bonchev–Trinajstić information content (AvgIpc) is 2.82. The number of methoxy groups -OCH3 is 1. The predicted molar refractivity (Wildman–Crippen MR) is 95.2 cm³/mol. The Morgan fingerprint density at radius 1 is 1.40 bits per heavy atom. The van der Waals surface area contributed by atoms with E-state index in [9.17, 15) is 19.5 Å². The van der Waals surface area contributed by atoms with Crippen molar-refractivity contribution in [2.45, 2.75) is 13.8 Å². The number of nitrogens with zero attached hydrogens (tertiary/aromatic N) is 1. The van der Waals surface area contributed by atoms with Gasteiger partial charge in [-0.25, -0.2) is 0 Å². The lowest BCUT2D eigenvalue weighted by atomic mass is 10.2. The Hall–Kier alpha value is -2.48. The van der Waals surface area contributed by atoms with Crippen LogP contribution in [0.2, 0.25) is 0 Å². The first-order chi connectivity index (χ1) is 11.8. The van der Waals surface area contributed by atoms with Crippen LogP contribution in [-0.2, 0) is 9.59 Å². The van der Waals surface area contributed by atoms with E-state index in [2.05, 4.69) is 5.32 Å². The van der Waals surface area contributed by atoms with Gasteiger partial charge in [0.05, 0.1) is 12.0 Å². The van der Waals surface area contributed by atoms with Crippen molar-refractivity contribution in [1.29, 1.82) is 0 Å². The number of carbonyl (C=O) groups excluding carboxylic acids is 3. The van der Waals surface area contributed by atoms with Crippen LogP contribution in [0.5, 0.6) is 11.5 Å². The number of carbonyl (C=O) groups is 3. The Balaban J connectivity index is 2.11. The topological polar surface area (TPSA) is 95.9 Å². The molecule has 0 radical (unpaired) electrons. The molecule has 1 aromatic rings. The van der Waals surface area contributed by atoms with Crippen LogP contribution in [0.15, 0.2) is 23.1 Å². The third-order valence-corrected chi connectivity index (χ3v) is 4.29. The molecule has 1 saturated heterocycles. The van der Waals surface area contributed by atoms with Gasteiger partial charge in [0, 0.05) is 6.54 Å². The van der Waals surface area contributed by atoms with E-state index in [0.29, 0.717) is 12.1 Å². The van der Waals surface area contributed by atoms with Crippen LogP contribution < -0.4 is 10.1 Å². The molecule has 0 unspecified atom stereocenters. The maximum atomic E-state index is 12.4. The number of ether oxygens (including phenoxy) is 1. The van der Waals surface area contributed by atoms with Crippen molar-refractivity contribution in [3.63, 3.8) is 0 Å². The first kappa shape index (κ1) is 18.9. The van der Waals surface area contributed by atoms with Gasteiger partial charge in [-0.15, -0.1) is 0 Å². The monoisotopic (exact) mass is 364 g/mol. The van der Waals surface area contributed by atoms with Crippen LogP contribution >= 0.6 is 11.8 Å². The van der Waals surface area contributed by atoms with Gasteiger partial charge in [-0.3, -0.25) is 19.3 Å². The number of benzene rings is 1. The maximum absolute atomic E-state index is 12.4. The summed E-state index contributed by atoms with van der Waals surface area (Å²) in [4.78, 5) is 37.4. The molecule has 1 aliphatic rings. The molecule has 1 aliphatic heterocycles. The second-order valence-corrected chi connectivity index (χ2v) is 6.89. The number of nitrogens with one attached hydrogen (secondary N) is 1. The van der Waals surface area contributed by atoms with Gasteiger partial charge < -0.3 is 15.2 Å². The third kappa shape index (κ3) is 4.76. The molecule has 0 bridgehead atoms. The standard InChI is InChI=1S/C17H20N2O5S/c1-10(2)8-18-15(21)9-19-16(22)14(25-17(19)23)7-11-4-5-12(20)13(6-11)24-3/h4-7,10,20H,8-9H2,1-3H3,(H,18,21)/b14-7-. The normalized spacial score (nSPS) is 16.0. The summed E-state index contributed by atoms with van der Waals surface area (Å²) in [5, 5.41) is 11.8. The van der Waals surface area contributed by atoms with E-state index in [1.165, 1.54) is 19.3 Å². The minimum Gasteiger partial charge on any atom is -0.504 e. The lowest BCUT2D eigenvalue weighted by molar-refractivity contribution is -0.129. The number of aromatic hydroxyl groups is 1. The molecule has 8 heteroatoms. The molecule has 134 valence electrons. The second-order valence-electron chi connectivity index (χ2n) is 5.90. The lowest BCUT2D eigenvalue weighted by Crippen LogP contribution is -2.40. The smallest absolute Gasteiger partial charge is 0.294 e. The molecule has 1 aromatic carbocycles. The molecule has 0 atom stereocenters. The average molecular weight is 364 g/mol. The second kappa shape index (κ2) is 8.06. The summed E-state index contributed by atoms with van der Waals surface area (Å²) in [7, 11) is 1.42. The summed E-state index contributed by atoms with van der Waals surface area (Å²) in [6.07, 6.45) is 1.53. The largest absolute Gasteiger partial charge is 0.504 e. The fraction of sp³-hybridized carbons (Fsp3) is 0.353. The van der Waals surface area contributed by atoms with E-state index in [-0.39, 0.29) is 34.8 Å². The summed E-state index contributed by atoms with van der Waals surface area (Å²) in [6, 6.07) is 4.59. The Kier molecular flexibility index (Phi) is 6.08. The van der Waals surface area contributed by atoms with Gasteiger partial charge in [0.15, 0.2) is 11.5 Å². The van der Waals surface area contributed by atoms with E-state index in [0.717, 1.165) is 16.7 Å². The Labute approximate surface area is 150 Å². The highest BCUT2D eigenvalue weighted by atomic mass is 32.2. The number of rotatable bonds is 6. The number of imide groups is 1. The fourth-order valence-corrected chi connectivity index (χ4v) is 2.93. The molecule has 2 rings (SSSR count). The quantitative estimate of drug-likeness (QED) is 0.752. The summed E-state index contributed by atoms with van der Waals surface area (Å²) < 4.78 is 5.02. The zero-order valence-electron chi connectivity index (χ0n) is 14.2. The molecular weight excluding hydrogens is 344 g/mol. The van der Waals surface area contributed by atoms with Crippen molar-refractivity contribution < 1.29 is 24.2 Å². The lowest BCUT2D eigenvalue weighted by Gasteiger charge is -2.13. The van der Waals surface area contributed by atoms with E-state index < -0.39 is 11.1 Å². The third-order valence-electron chi connectivity index (χ3n) is 3.38. The van der Waals surface area contributed by atoms with Gasteiger partial charge in [0.1, 0.15) is 6.54 Å². The SMILES string of the molecule is COc1cc(/C=C2\SC(=O)N(CC(=O)NCC(C)C)C2=O)ccc1O. The maximum Gasteiger partial charge on any atom is 0.294 e. The molecule has 3 amide bonds. The van der Waals surface area contributed by atoms with Crippen LogP contribution in [-0.4, -0.2) is 47.3 Å². The Bertz CT molecular complexity index is 730. The molecule has 2 N–H and O–H groups in total. The highest BCUT2D eigenvalue weighted by Gasteiger charge is 2.36. The van der Waals surface area contributed by atoms with Crippen molar-refractivity contribution in [2.75, 3.05) is 20.2 Å². The van der Waals surface area contributed by atoms with Gasteiger partial charge in [-0.2, -0.15) is 0 Å². The molecule has 0 spiro atoms. The summed E-state index contributed by atoms with van der Waals surface area (Å²) in [5.41, 5.74) is 0.601. The highest BCUT2D eigenvalue weighted by molar-refractivity contribution is 8.18. The zero-order chi connectivity index (χ0) is 18.6. The van der Waals surface area contributed by atoms with Crippen LogP contribution in [0.4, 0.5) is 4.79 Å². The molecule has 1 heterocycles. The van der Waals surface area contributed by atoms with Gasteiger partial charge >= 0.3 is 0 Å². The van der Waals surface area contributed by atoms with E-state index in [1.54, 1.807) is 12.1 Å². The number of thioether (sulfide) groups is 1. The van der Waals surface area contributed by atoms with Crippen LogP contribution in [0.1, 0.15) is 19.4 Å². The Morgan fingerprint density at radius 2 is 2.12 bits per heavy atom. The van der Waals surface area contributed by atoms with E-state index >= 15 is 0 Å². The van der Waals surface area contributed by atoms with Gasteiger partial charge in [-0.1, -0.05) is 19.9 Å². The number of phenolic OH excluding ortho intramolecular Hbond substituents is 1. The highest BCUT2D eigenvalue weighted by Crippen LogP contribution is 2.33. The summed E-state index contributed by atoms with van der Waals surface area (Å²) in [6.45, 7) is 4.09. The zero-order valence-corrected chi connectivity index (χ0v) is 15.1. The summed E-state index contributed by atoms with van der Waals surface area (Å²) in [5.74, 6) is -0.357. The van der Waals surface area contributed by atoms with Crippen LogP contribution in [0, 0.1) is 5.92 Å². The molecule has 25 heavy (non-hydrogen) atoms. The number of phenols is 1. The first-order valence-corrected chi connectivity index (χ1v) is 8.52. The number of hydrogen-bond acceptors (Lipinski definition) is 6. The van der Waals surface area contributed by atoms with Crippen molar-refractivity contribution >= 4 is 34.9 Å². The minimum atomic E-state index is -0.512. The van der Waals surface area contributed by atoms with Crippen LogP contribution in [0.3, 0.4) is 0 Å². The van der Waals surface area contributed by atoms with Gasteiger partial charge in [-0.05, 0) is 41.5 Å². The number of hydrogen-bond donors (Lipinski definition) is 2. The van der Waals surface area contributed by atoms with Crippen molar-refractivity contribution in [2.24, 2.45) is 5.92 Å². The molecule has 0 aliphatic carbocycles. The van der Waals surface area contributed by atoms with Gasteiger partial charge in [0.2, 0.25) is 5.91 Å². The van der Waals surface area contributed by atoms with E-state index in [4.69, 9.17) is 4.74 Å².